The van der Waals surface area contributed by atoms with Crippen molar-refractivity contribution >= 4 is 5.91 Å². The third kappa shape index (κ3) is 3.89. The standard InChI is InChI=1S/C15H20N2O/c1-11(2)14(10-16)15(18)17-9-8-13-7-5-4-6-12(13)3/h4-7,11,14H,8-9H2,1-3H3,(H,17,18). The van der Waals surface area contributed by atoms with Gasteiger partial charge in [0.05, 0.1) is 6.07 Å². The highest BCUT2D eigenvalue weighted by atomic mass is 16.1. The maximum Gasteiger partial charge on any atom is 0.237 e. The lowest BCUT2D eigenvalue weighted by molar-refractivity contribution is -0.124. The highest BCUT2D eigenvalue weighted by Gasteiger charge is 2.20. The summed E-state index contributed by atoms with van der Waals surface area (Å²) in [6, 6.07) is 10.2. The molecule has 0 saturated carbocycles. The van der Waals surface area contributed by atoms with Crippen LogP contribution in [0, 0.1) is 30.1 Å². The predicted molar refractivity (Wildman–Crippen MR) is 71.8 cm³/mol. The molecule has 96 valence electrons. The van der Waals surface area contributed by atoms with Crippen LogP contribution in [0.3, 0.4) is 0 Å². The van der Waals surface area contributed by atoms with E-state index in [4.69, 9.17) is 5.26 Å². The normalized spacial score (nSPS) is 11.9. The minimum atomic E-state index is -0.554. The largest absolute Gasteiger partial charge is 0.355 e. The highest BCUT2D eigenvalue weighted by molar-refractivity contribution is 5.81. The summed E-state index contributed by atoms with van der Waals surface area (Å²) in [7, 11) is 0. The fourth-order valence-corrected chi connectivity index (χ4v) is 1.83. The molecule has 1 atom stereocenters. The molecule has 1 rings (SSSR count). The summed E-state index contributed by atoms with van der Waals surface area (Å²) in [4.78, 5) is 11.8. The van der Waals surface area contributed by atoms with Gasteiger partial charge in [0.2, 0.25) is 5.91 Å². The fourth-order valence-electron chi connectivity index (χ4n) is 1.83. The number of nitrogens with one attached hydrogen (secondary N) is 1. The Bertz CT molecular complexity index is 446. The lowest BCUT2D eigenvalue weighted by Crippen LogP contribution is -2.34. The van der Waals surface area contributed by atoms with E-state index < -0.39 is 5.92 Å². The minimum absolute atomic E-state index is 0.0495. The second-order valence-electron chi connectivity index (χ2n) is 4.82. The zero-order valence-corrected chi connectivity index (χ0v) is 11.2. The van der Waals surface area contributed by atoms with Crippen molar-refractivity contribution in [3.63, 3.8) is 0 Å². The molecule has 0 aromatic heterocycles. The SMILES string of the molecule is Cc1ccccc1CCNC(=O)C(C#N)C(C)C. The number of nitriles is 1. The van der Waals surface area contributed by atoms with Crippen LogP contribution in [0.1, 0.15) is 25.0 Å². The van der Waals surface area contributed by atoms with Gasteiger partial charge in [0, 0.05) is 6.54 Å². The molecule has 1 unspecified atom stereocenters. The van der Waals surface area contributed by atoms with Crippen LogP contribution in [0.15, 0.2) is 24.3 Å². The first kappa shape index (κ1) is 14.2. The molecule has 1 amide bonds. The molecule has 0 radical (unpaired) electrons. The van der Waals surface area contributed by atoms with Crippen molar-refractivity contribution in [1.82, 2.24) is 5.32 Å². The Balaban J connectivity index is 2.46. The molecule has 18 heavy (non-hydrogen) atoms. The van der Waals surface area contributed by atoms with Crippen molar-refractivity contribution in [2.45, 2.75) is 27.2 Å². The Kier molecular flexibility index (Phi) is 5.38. The van der Waals surface area contributed by atoms with Crippen molar-refractivity contribution in [1.29, 1.82) is 5.26 Å². The Morgan fingerprint density at radius 2 is 2.06 bits per heavy atom. The van der Waals surface area contributed by atoms with Gasteiger partial charge in [-0.15, -0.1) is 0 Å². The van der Waals surface area contributed by atoms with Crippen LogP contribution in [0.25, 0.3) is 0 Å². The number of rotatable bonds is 5. The number of carbonyl (C=O) groups excluding carboxylic acids is 1. The van der Waals surface area contributed by atoms with Crippen molar-refractivity contribution in [3.05, 3.63) is 35.4 Å². The Labute approximate surface area is 109 Å². The summed E-state index contributed by atoms with van der Waals surface area (Å²) < 4.78 is 0. The van der Waals surface area contributed by atoms with Gasteiger partial charge in [0.25, 0.3) is 0 Å². The lowest BCUT2D eigenvalue weighted by Gasteiger charge is -2.13. The van der Waals surface area contributed by atoms with E-state index in [1.54, 1.807) is 0 Å². The smallest absolute Gasteiger partial charge is 0.237 e. The molecule has 3 heteroatoms. The Hall–Kier alpha value is -1.82. The van der Waals surface area contributed by atoms with Crippen LogP contribution < -0.4 is 5.32 Å². The van der Waals surface area contributed by atoms with Crippen LogP contribution in [-0.4, -0.2) is 12.5 Å². The van der Waals surface area contributed by atoms with E-state index in [0.717, 1.165) is 6.42 Å². The molecule has 0 bridgehead atoms. The van der Waals surface area contributed by atoms with Crippen LogP contribution in [0.2, 0.25) is 0 Å². The van der Waals surface area contributed by atoms with Gasteiger partial charge in [-0.2, -0.15) is 5.26 Å². The molecule has 0 aliphatic carbocycles. The van der Waals surface area contributed by atoms with Crippen LogP contribution in [0.5, 0.6) is 0 Å². The van der Waals surface area contributed by atoms with E-state index in [1.165, 1.54) is 11.1 Å². The van der Waals surface area contributed by atoms with Crippen LogP contribution in [0.4, 0.5) is 0 Å². The zero-order valence-electron chi connectivity index (χ0n) is 11.2. The number of amides is 1. The monoisotopic (exact) mass is 244 g/mol. The average molecular weight is 244 g/mol. The van der Waals surface area contributed by atoms with E-state index in [9.17, 15) is 4.79 Å². The molecule has 0 fully saturated rings. The molecule has 3 nitrogen and oxygen atoms in total. The van der Waals surface area contributed by atoms with Crippen molar-refractivity contribution in [3.8, 4) is 6.07 Å². The second-order valence-corrected chi connectivity index (χ2v) is 4.82. The van der Waals surface area contributed by atoms with Gasteiger partial charge < -0.3 is 5.32 Å². The van der Waals surface area contributed by atoms with E-state index >= 15 is 0 Å². The molecular formula is C15H20N2O. The van der Waals surface area contributed by atoms with E-state index in [-0.39, 0.29) is 11.8 Å². The Morgan fingerprint density at radius 3 is 2.61 bits per heavy atom. The maximum absolute atomic E-state index is 11.8. The van der Waals surface area contributed by atoms with E-state index in [0.29, 0.717) is 6.54 Å². The van der Waals surface area contributed by atoms with Crippen molar-refractivity contribution in [2.24, 2.45) is 11.8 Å². The zero-order chi connectivity index (χ0) is 13.5. The molecule has 0 heterocycles. The summed E-state index contributed by atoms with van der Waals surface area (Å²) in [5.41, 5.74) is 2.46. The number of hydrogen-bond acceptors (Lipinski definition) is 2. The summed E-state index contributed by atoms with van der Waals surface area (Å²) in [5.74, 6) is -0.670. The number of carbonyl (C=O) groups is 1. The third-order valence-electron chi connectivity index (χ3n) is 3.04. The fraction of sp³-hybridized carbons (Fsp3) is 0.467. The van der Waals surface area contributed by atoms with E-state index in [2.05, 4.69) is 24.4 Å². The quantitative estimate of drug-likeness (QED) is 0.865. The first-order valence-corrected chi connectivity index (χ1v) is 6.28. The average Bonchev–Trinajstić information content (AvgIpc) is 2.32. The van der Waals surface area contributed by atoms with Gasteiger partial charge in [0.1, 0.15) is 5.92 Å². The summed E-state index contributed by atoms with van der Waals surface area (Å²) in [6.45, 7) is 6.40. The summed E-state index contributed by atoms with van der Waals surface area (Å²) in [5, 5.41) is 11.7. The lowest BCUT2D eigenvalue weighted by atomic mass is 9.96. The predicted octanol–water partition coefficient (Wildman–Crippen LogP) is 2.45. The molecule has 0 aliphatic rings. The van der Waals surface area contributed by atoms with E-state index in [1.807, 2.05) is 32.0 Å². The van der Waals surface area contributed by atoms with Crippen LogP contribution in [-0.2, 0) is 11.2 Å². The van der Waals surface area contributed by atoms with Crippen LogP contribution >= 0.6 is 0 Å². The van der Waals surface area contributed by atoms with Crippen molar-refractivity contribution < 1.29 is 4.79 Å². The van der Waals surface area contributed by atoms with Gasteiger partial charge >= 0.3 is 0 Å². The van der Waals surface area contributed by atoms with Gasteiger partial charge in [-0.3, -0.25) is 4.79 Å². The van der Waals surface area contributed by atoms with Gasteiger partial charge in [-0.25, -0.2) is 0 Å². The summed E-state index contributed by atoms with van der Waals surface area (Å²) in [6.07, 6.45) is 0.800. The number of benzene rings is 1. The molecule has 1 aromatic rings. The highest BCUT2D eigenvalue weighted by Crippen LogP contribution is 2.10. The van der Waals surface area contributed by atoms with Gasteiger partial charge in [-0.05, 0) is 30.4 Å². The maximum atomic E-state index is 11.8. The number of nitrogens with zero attached hydrogens (tertiary/aromatic N) is 1. The summed E-state index contributed by atoms with van der Waals surface area (Å²) >= 11 is 0. The second kappa shape index (κ2) is 6.80. The Morgan fingerprint density at radius 1 is 1.39 bits per heavy atom. The van der Waals surface area contributed by atoms with Gasteiger partial charge in [-0.1, -0.05) is 38.1 Å². The first-order chi connectivity index (χ1) is 8.56. The molecule has 0 spiro atoms. The third-order valence-corrected chi connectivity index (χ3v) is 3.04. The minimum Gasteiger partial charge on any atom is -0.355 e. The molecule has 0 aliphatic heterocycles. The molecule has 1 N–H and O–H groups in total. The molecule has 0 saturated heterocycles. The number of aryl methyl sites for hydroxylation is 1. The molecular weight excluding hydrogens is 224 g/mol. The number of hydrogen-bond donors (Lipinski definition) is 1. The van der Waals surface area contributed by atoms with Crippen molar-refractivity contribution in [2.75, 3.05) is 6.54 Å². The first-order valence-electron chi connectivity index (χ1n) is 6.28. The molecule has 1 aromatic carbocycles. The van der Waals surface area contributed by atoms with Gasteiger partial charge in [0.15, 0.2) is 0 Å². The topological polar surface area (TPSA) is 52.9 Å².